The standard InChI is InChI=1S/C15H21N3O2S/c1-10(2)13-15(20)17-6-3-4-12(17)14(19)18(13)7-5-11-8-21-9-16-11/h8-10,12-13H,3-7H2,1-2H3. The molecule has 0 saturated carbocycles. The van der Waals surface area contributed by atoms with Crippen LogP contribution >= 0.6 is 11.3 Å². The minimum Gasteiger partial charge on any atom is -0.329 e. The molecule has 0 bridgehead atoms. The van der Waals surface area contributed by atoms with Crippen molar-refractivity contribution in [3.8, 4) is 0 Å². The first-order valence-electron chi connectivity index (χ1n) is 7.57. The normalized spacial score (nSPS) is 25.9. The first kappa shape index (κ1) is 14.5. The van der Waals surface area contributed by atoms with Gasteiger partial charge in [-0.3, -0.25) is 9.59 Å². The highest BCUT2D eigenvalue weighted by atomic mass is 32.1. The minimum absolute atomic E-state index is 0.126. The summed E-state index contributed by atoms with van der Waals surface area (Å²) in [4.78, 5) is 33.3. The zero-order valence-electron chi connectivity index (χ0n) is 12.5. The topological polar surface area (TPSA) is 53.5 Å². The van der Waals surface area contributed by atoms with E-state index in [4.69, 9.17) is 0 Å². The lowest BCUT2D eigenvalue weighted by molar-refractivity contribution is -0.161. The number of carbonyl (C=O) groups excluding carboxylic acids is 2. The van der Waals surface area contributed by atoms with Crippen LogP contribution in [0, 0.1) is 5.92 Å². The summed E-state index contributed by atoms with van der Waals surface area (Å²) >= 11 is 1.56. The van der Waals surface area contributed by atoms with Crippen LogP contribution in [0.25, 0.3) is 0 Å². The molecule has 2 amide bonds. The lowest BCUT2D eigenvalue weighted by Gasteiger charge is -2.44. The van der Waals surface area contributed by atoms with Gasteiger partial charge in [0.15, 0.2) is 0 Å². The Morgan fingerprint density at radius 2 is 2.19 bits per heavy atom. The monoisotopic (exact) mass is 307 g/mol. The minimum atomic E-state index is -0.314. The summed E-state index contributed by atoms with van der Waals surface area (Å²) in [6, 6.07) is -0.534. The van der Waals surface area contributed by atoms with E-state index in [0.717, 1.165) is 31.5 Å². The average Bonchev–Trinajstić information content (AvgIpc) is 3.10. The molecule has 0 radical (unpaired) electrons. The van der Waals surface area contributed by atoms with Crippen LogP contribution in [0.2, 0.25) is 0 Å². The third-order valence-electron chi connectivity index (χ3n) is 4.42. The van der Waals surface area contributed by atoms with Crippen molar-refractivity contribution >= 4 is 23.2 Å². The summed E-state index contributed by atoms with van der Waals surface area (Å²) in [5.74, 6) is 0.393. The average molecular weight is 307 g/mol. The van der Waals surface area contributed by atoms with Gasteiger partial charge in [-0.1, -0.05) is 13.8 Å². The molecule has 2 fully saturated rings. The van der Waals surface area contributed by atoms with Gasteiger partial charge in [0, 0.05) is 24.9 Å². The van der Waals surface area contributed by atoms with E-state index < -0.39 is 0 Å². The van der Waals surface area contributed by atoms with Crippen LogP contribution in [0.1, 0.15) is 32.4 Å². The van der Waals surface area contributed by atoms with Crippen LogP contribution in [0.5, 0.6) is 0 Å². The first-order chi connectivity index (χ1) is 10.1. The molecule has 21 heavy (non-hydrogen) atoms. The number of hydrogen-bond donors (Lipinski definition) is 0. The smallest absolute Gasteiger partial charge is 0.246 e. The Bertz CT molecular complexity index is 529. The number of fused-ring (bicyclic) bond motifs is 1. The molecule has 3 rings (SSSR count). The Kier molecular flexibility index (Phi) is 3.97. The summed E-state index contributed by atoms with van der Waals surface area (Å²) in [5, 5.41) is 2.00. The van der Waals surface area contributed by atoms with Crippen molar-refractivity contribution < 1.29 is 9.59 Å². The highest BCUT2D eigenvalue weighted by Gasteiger charge is 2.48. The van der Waals surface area contributed by atoms with Crippen LogP contribution in [0.4, 0.5) is 0 Å². The fraction of sp³-hybridized carbons (Fsp3) is 0.667. The second-order valence-electron chi connectivity index (χ2n) is 6.14. The van der Waals surface area contributed by atoms with Crippen molar-refractivity contribution in [3.63, 3.8) is 0 Å². The van der Waals surface area contributed by atoms with Gasteiger partial charge in [-0.25, -0.2) is 4.98 Å². The molecule has 0 aliphatic carbocycles. The van der Waals surface area contributed by atoms with E-state index in [2.05, 4.69) is 4.98 Å². The first-order valence-corrected chi connectivity index (χ1v) is 8.52. The van der Waals surface area contributed by atoms with E-state index in [1.54, 1.807) is 26.6 Å². The predicted molar refractivity (Wildman–Crippen MR) is 80.9 cm³/mol. The Morgan fingerprint density at radius 3 is 2.86 bits per heavy atom. The molecule has 2 unspecified atom stereocenters. The molecular weight excluding hydrogens is 286 g/mol. The second-order valence-corrected chi connectivity index (χ2v) is 6.86. The number of nitrogens with zero attached hydrogens (tertiary/aromatic N) is 3. The van der Waals surface area contributed by atoms with E-state index in [1.165, 1.54) is 0 Å². The number of aromatic nitrogens is 1. The van der Waals surface area contributed by atoms with Crippen LogP contribution in [0.3, 0.4) is 0 Å². The van der Waals surface area contributed by atoms with Crippen molar-refractivity contribution in [1.82, 2.24) is 14.8 Å². The van der Waals surface area contributed by atoms with Crippen molar-refractivity contribution in [3.05, 3.63) is 16.6 Å². The van der Waals surface area contributed by atoms with E-state index in [9.17, 15) is 9.59 Å². The maximum absolute atomic E-state index is 12.7. The number of hydrogen-bond acceptors (Lipinski definition) is 4. The fourth-order valence-corrected chi connectivity index (χ4v) is 4.00. The number of thiazole rings is 1. The quantitative estimate of drug-likeness (QED) is 0.848. The molecule has 0 N–H and O–H groups in total. The number of piperazine rings is 1. The Labute approximate surface area is 129 Å². The molecule has 114 valence electrons. The highest BCUT2D eigenvalue weighted by Crippen LogP contribution is 2.29. The van der Waals surface area contributed by atoms with Crippen molar-refractivity contribution in [2.75, 3.05) is 13.1 Å². The third kappa shape index (κ3) is 2.57. The van der Waals surface area contributed by atoms with Crippen molar-refractivity contribution in [2.45, 2.75) is 45.2 Å². The van der Waals surface area contributed by atoms with Crippen LogP contribution in [0.15, 0.2) is 10.9 Å². The maximum Gasteiger partial charge on any atom is 0.246 e. The molecule has 2 saturated heterocycles. The number of amides is 2. The zero-order valence-corrected chi connectivity index (χ0v) is 13.3. The highest BCUT2D eigenvalue weighted by molar-refractivity contribution is 7.07. The zero-order chi connectivity index (χ0) is 15.0. The van der Waals surface area contributed by atoms with Gasteiger partial charge in [-0.05, 0) is 18.8 Å². The summed E-state index contributed by atoms with van der Waals surface area (Å²) in [5.41, 5.74) is 2.80. The fourth-order valence-electron chi connectivity index (χ4n) is 3.41. The number of carbonyl (C=O) groups is 2. The molecule has 5 nitrogen and oxygen atoms in total. The summed E-state index contributed by atoms with van der Waals surface area (Å²) in [7, 11) is 0. The van der Waals surface area contributed by atoms with Gasteiger partial charge in [0.05, 0.1) is 11.2 Å². The molecule has 2 aliphatic heterocycles. The van der Waals surface area contributed by atoms with Crippen molar-refractivity contribution in [2.24, 2.45) is 5.92 Å². The summed E-state index contributed by atoms with van der Waals surface area (Å²) in [6.45, 7) is 5.35. The van der Waals surface area contributed by atoms with Gasteiger partial charge >= 0.3 is 0 Å². The van der Waals surface area contributed by atoms with Gasteiger partial charge in [-0.2, -0.15) is 0 Å². The van der Waals surface area contributed by atoms with Crippen molar-refractivity contribution in [1.29, 1.82) is 0 Å². The molecule has 1 aromatic rings. The molecule has 6 heteroatoms. The van der Waals surface area contributed by atoms with Crippen LogP contribution in [-0.4, -0.2) is 51.8 Å². The van der Waals surface area contributed by atoms with Gasteiger partial charge in [0.1, 0.15) is 12.1 Å². The third-order valence-corrected chi connectivity index (χ3v) is 5.05. The number of rotatable bonds is 4. The molecule has 1 aromatic heterocycles. The Morgan fingerprint density at radius 1 is 1.38 bits per heavy atom. The largest absolute Gasteiger partial charge is 0.329 e. The van der Waals surface area contributed by atoms with Gasteiger partial charge in [0.2, 0.25) is 11.8 Å². The van der Waals surface area contributed by atoms with E-state index in [-0.39, 0.29) is 29.8 Å². The molecular formula is C15H21N3O2S. The van der Waals surface area contributed by atoms with Crippen LogP contribution in [-0.2, 0) is 16.0 Å². The Balaban J connectivity index is 1.80. The second kappa shape index (κ2) is 5.75. The summed E-state index contributed by atoms with van der Waals surface area (Å²) in [6.07, 6.45) is 2.47. The maximum atomic E-state index is 12.7. The molecule has 2 atom stereocenters. The van der Waals surface area contributed by atoms with Gasteiger partial charge < -0.3 is 9.80 Å². The van der Waals surface area contributed by atoms with E-state index in [1.807, 2.05) is 19.2 Å². The van der Waals surface area contributed by atoms with Gasteiger partial charge in [-0.15, -0.1) is 11.3 Å². The predicted octanol–water partition coefficient (Wildman–Crippen LogP) is 1.54. The molecule has 0 spiro atoms. The SMILES string of the molecule is CC(C)C1C(=O)N2CCCC2C(=O)N1CCc1cscn1. The lowest BCUT2D eigenvalue weighted by atomic mass is 9.95. The molecule has 0 aromatic carbocycles. The van der Waals surface area contributed by atoms with Gasteiger partial charge in [0.25, 0.3) is 0 Å². The molecule has 2 aliphatic rings. The summed E-state index contributed by atoms with van der Waals surface area (Å²) < 4.78 is 0. The lowest BCUT2D eigenvalue weighted by Crippen LogP contribution is -2.64. The van der Waals surface area contributed by atoms with Crippen LogP contribution < -0.4 is 0 Å². The Hall–Kier alpha value is -1.43. The van der Waals surface area contributed by atoms with E-state index in [0.29, 0.717) is 6.54 Å². The molecule has 3 heterocycles. The van der Waals surface area contributed by atoms with E-state index >= 15 is 0 Å².